The lowest BCUT2D eigenvalue weighted by Crippen LogP contribution is -2.35. The van der Waals surface area contributed by atoms with Crippen LogP contribution in [0.3, 0.4) is 0 Å². The normalized spacial score (nSPS) is 16.1. The minimum atomic E-state index is -0.448. The lowest BCUT2D eigenvalue weighted by atomic mass is 10.0. The molecule has 5 nitrogen and oxygen atoms in total. The highest BCUT2D eigenvalue weighted by atomic mass is 19.1. The second-order valence-electron chi connectivity index (χ2n) is 4.82. The van der Waals surface area contributed by atoms with E-state index in [2.05, 4.69) is 15.6 Å². The first-order valence-corrected chi connectivity index (χ1v) is 6.04. The van der Waals surface area contributed by atoms with E-state index < -0.39 is 5.54 Å². The summed E-state index contributed by atoms with van der Waals surface area (Å²) in [7, 11) is 1.70. The first-order valence-electron chi connectivity index (χ1n) is 6.04. The first kappa shape index (κ1) is 11.8. The van der Waals surface area contributed by atoms with Crippen LogP contribution in [0.15, 0.2) is 30.5 Å². The van der Waals surface area contributed by atoms with Gasteiger partial charge < -0.3 is 5.32 Å². The number of aryl methyl sites for hydroxylation is 1. The number of hydrogen-bond donors (Lipinski definition) is 1. The van der Waals surface area contributed by atoms with Gasteiger partial charge in [-0.1, -0.05) is 17.3 Å². The molecule has 2 aromatic rings. The van der Waals surface area contributed by atoms with Crippen LogP contribution in [0.2, 0.25) is 0 Å². The van der Waals surface area contributed by atoms with E-state index in [9.17, 15) is 9.18 Å². The summed E-state index contributed by atoms with van der Waals surface area (Å²) in [5.74, 6) is -0.576. The predicted octanol–water partition coefficient (Wildman–Crippen LogP) is 1.37. The van der Waals surface area contributed by atoms with E-state index in [1.165, 1.54) is 16.8 Å². The van der Waals surface area contributed by atoms with Gasteiger partial charge in [0.05, 0.1) is 11.7 Å². The van der Waals surface area contributed by atoms with Crippen LogP contribution in [-0.4, -0.2) is 20.9 Å². The average Bonchev–Trinajstić information content (AvgIpc) is 3.03. The zero-order chi connectivity index (χ0) is 13.5. The van der Waals surface area contributed by atoms with Crippen molar-refractivity contribution in [2.75, 3.05) is 0 Å². The highest BCUT2D eigenvalue weighted by Gasteiger charge is 2.46. The second kappa shape index (κ2) is 4.15. The molecule has 0 radical (unpaired) electrons. The van der Waals surface area contributed by atoms with Crippen LogP contribution in [0.1, 0.15) is 28.9 Å². The zero-order valence-corrected chi connectivity index (χ0v) is 10.4. The van der Waals surface area contributed by atoms with Crippen LogP contribution in [0, 0.1) is 5.82 Å². The summed E-state index contributed by atoms with van der Waals surface area (Å²) in [6.07, 6.45) is 3.17. The first-order chi connectivity index (χ1) is 9.09. The summed E-state index contributed by atoms with van der Waals surface area (Å²) in [6, 6.07) is 6.33. The van der Waals surface area contributed by atoms with Crippen molar-refractivity contribution in [3.8, 4) is 0 Å². The standard InChI is InChI=1S/C13H13FN4O/c1-18-8-11(16-17-18)12(19)15-13(5-6-13)9-3-2-4-10(14)7-9/h2-4,7-8H,5-6H2,1H3,(H,15,19). The zero-order valence-electron chi connectivity index (χ0n) is 10.4. The molecule has 0 atom stereocenters. The number of nitrogens with zero attached hydrogens (tertiary/aromatic N) is 3. The molecule has 0 saturated heterocycles. The van der Waals surface area contributed by atoms with Gasteiger partial charge in [0.25, 0.3) is 5.91 Å². The van der Waals surface area contributed by atoms with Gasteiger partial charge in [-0.2, -0.15) is 0 Å². The Morgan fingerprint density at radius 1 is 1.47 bits per heavy atom. The number of rotatable bonds is 3. The molecule has 1 aliphatic carbocycles. The Morgan fingerprint density at radius 2 is 2.26 bits per heavy atom. The van der Waals surface area contributed by atoms with E-state index in [1.54, 1.807) is 19.3 Å². The van der Waals surface area contributed by atoms with E-state index in [0.29, 0.717) is 0 Å². The van der Waals surface area contributed by atoms with Gasteiger partial charge >= 0.3 is 0 Å². The number of hydrogen-bond acceptors (Lipinski definition) is 3. The summed E-state index contributed by atoms with van der Waals surface area (Å²) in [4.78, 5) is 12.1. The van der Waals surface area contributed by atoms with Gasteiger partial charge in [0, 0.05) is 7.05 Å². The third-order valence-electron chi connectivity index (χ3n) is 3.32. The number of nitrogens with one attached hydrogen (secondary N) is 1. The maximum atomic E-state index is 13.3. The van der Waals surface area contributed by atoms with Gasteiger partial charge in [0.1, 0.15) is 5.82 Å². The lowest BCUT2D eigenvalue weighted by Gasteiger charge is -2.17. The molecule has 1 aromatic heterocycles. The predicted molar refractivity (Wildman–Crippen MR) is 65.8 cm³/mol. The van der Waals surface area contributed by atoms with E-state index in [4.69, 9.17) is 0 Å². The fourth-order valence-electron chi connectivity index (χ4n) is 2.13. The summed E-state index contributed by atoms with van der Waals surface area (Å²) in [6.45, 7) is 0. The van der Waals surface area contributed by atoms with Crippen molar-refractivity contribution in [1.29, 1.82) is 0 Å². The smallest absolute Gasteiger partial charge is 0.274 e. The maximum absolute atomic E-state index is 13.3. The highest BCUT2D eigenvalue weighted by molar-refractivity contribution is 5.92. The van der Waals surface area contributed by atoms with Gasteiger partial charge in [-0.15, -0.1) is 5.10 Å². The molecule has 1 aliphatic rings. The molecule has 1 fully saturated rings. The van der Waals surface area contributed by atoms with Crippen LogP contribution in [-0.2, 0) is 12.6 Å². The number of carbonyl (C=O) groups excluding carboxylic acids is 1. The molecule has 1 amide bonds. The van der Waals surface area contributed by atoms with Crippen molar-refractivity contribution in [3.05, 3.63) is 47.5 Å². The Bertz CT molecular complexity index is 633. The Morgan fingerprint density at radius 3 is 2.84 bits per heavy atom. The highest BCUT2D eigenvalue weighted by Crippen LogP contribution is 2.45. The second-order valence-corrected chi connectivity index (χ2v) is 4.82. The molecule has 6 heteroatoms. The number of aromatic nitrogens is 3. The van der Waals surface area contributed by atoms with Crippen LogP contribution < -0.4 is 5.32 Å². The summed E-state index contributed by atoms with van der Waals surface area (Å²) in [5, 5.41) is 10.4. The fraction of sp³-hybridized carbons (Fsp3) is 0.308. The van der Waals surface area contributed by atoms with Crippen LogP contribution in [0.25, 0.3) is 0 Å². The van der Waals surface area contributed by atoms with Crippen molar-refractivity contribution in [2.24, 2.45) is 7.05 Å². The molecule has 3 rings (SSSR count). The molecule has 0 spiro atoms. The Labute approximate surface area is 109 Å². The van der Waals surface area contributed by atoms with Crippen molar-refractivity contribution in [2.45, 2.75) is 18.4 Å². The van der Waals surface area contributed by atoms with E-state index in [1.807, 2.05) is 6.07 Å². The summed E-state index contributed by atoms with van der Waals surface area (Å²) >= 11 is 0. The van der Waals surface area contributed by atoms with Gasteiger partial charge in [-0.3, -0.25) is 9.48 Å². The number of benzene rings is 1. The van der Waals surface area contributed by atoms with E-state index >= 15 is 0 Å². The number of amides is 1. The molecule has 98 valence electrons. The number of carbonyl (C=O) groups is 1. The van der Waals surface area contributed by atoms with Crippen molar-refractivity contribution in [1.82, 2.24) is 20.3 Å². The SMILES string of the molecule is Cn1cc(C(=O)NC2(c3cccc(F)c3)CC2)nn1. The van der Waals surface area contributed by atoms with E-state index in [0.717, 1.165) is 18.4 Å². The molecule has 1 saturated carbocycles. The molecule has 0 bridgehead atoms. The van der Waals surface area contributed by atoms with Crippen molar-refractivity contribution < 1.29 is 9.18 Å². The molecule has 1 N–H and O–H groups in total. The Kier molecular flexibility index (Phi) is 2.58. The van der Waals surface area contributed by atoms with Crippen molar-refractivity contribution in [3.63, 3.8) is 0 Å². The minimum Gasteiger partial charge on any atom is -0.341 e. The molecule has 0 unspecified atom stereocenters. The largest absolute Gasteiger partial charge is 0.341 e. The van der Waals surface area contributed by atoms with Crippen molar-refractivity contribution >= 4 is 5.91 Å². The molecular formula is C13H13FN4O. The minimum absolute atomic E-state index is 0.269. The third kappa shape index (κ3) is 2.21. The topological polar surface area (TPSA) is 59.8 Å². The molecule has 1 aromatic carbocycles. The Hall–Kier alpha value is -2.24. The summed E-state index contributed by atoms with van der Waals surface area (Å²) < 4.78 is 14.7. The van der Waals surface area contributed by atoms with Crippen LogP contribution in [0.4, 0.5) is 4.39 Å². The molecular weight excluding hydrogens is 247 g/mol. The van der Waals surface area contributed by atoms with Crippen LogP contribution in [0.5, 0.6) is 0 Å². The third-order valence-corrected chi connectivity index (χ3v) is 3.32. The molecule has 1 heterocycles. The molecule has 0 aliphatic heterocycles. The number of halogens is 1. The summed E-state index contributed by atoms with van der Waals surface area (Å²) in [5.41, 5.74) is 0.617. The van der Waals surface area contributed by atoms with Gasteiger partial charge in [-0.05, 0) is 30.5 Å². The quantitative estimate of drug-likeness (QED) is 0.906. The fourth-order valence-corrected chi connectivity index (χ4v) is 2.13. The molecule has 19 heavy (non-hydrogen) atoms. The van der Waals surface area contributed by atoms with Gasteiger partial charge in [0.2, 0.25) is 0 Å². The maximum Gasteiger partial charge on any atom is 0.274 e. The lowest BCUT2D eigenvalue weighted by molar-refractivity contribution is 0.0925. The van der Waals surface area contributed by atoms with Gasteiger partial charge in [0.15, 0.2) is 5.69 Å². The van der Waals surface area contributed by atoms with Crippen LogP contribution >= 0.6 is 0 Å². The Balaban J connectivity index is 1.81. The monoisotopic (exact) mass is 260 g/mol. The van der Waals surface area contributed by atoms with Gasteiger partial charge in [-0.25, -0.2) is 4.39 Å². The average molecular weight is 260 g/mol. The van der Waals surface area contributed by atoms with E-state index in [-0.39, 0.29) is 17.4 Å².